The van der Waals surface area contributed by atoms with Crippen molar-refractivity contribution in [3.05, 3.63) is 18.2 Å². The van der Waals surface area contributed by atoms with Crippen molar-refractivity contribution in [2.45, 2.75) is 32.7 Å². The highest BCUT2D eigenvalue weighted by Gasteiger charge is 2.04. The van der Waals surface area contributed by atoms with Crippen molar-refractivity contribution in [1.82, 2.24) is 0 Å². The molecule has 4 heteroatoms. The molecule has 17 heavy (non-hydrogen) atoms. The SMILES string of the molecule is CCCOc1cc(N)cc(NC(C)CCO)c1. The van der Waals surface area contributed by atoms with Crippen LogP contribution in [0.15, 0.2) is 18.2 Å². The second-order valence-corrected chi connectivity index (χ2v) is 4.20. The molecule has 1 aromatic rings. The van der Waals surface area contributed by atoms with Crippen LogP contribution < -0.4 is 15.8 Å². The van der Waals surface area contributed by atoms with E-state index in [1.165, 1.54) is 0 Å². The van der Waals surface area contributed by atoms with Gasteiger partial charge in [0.2, 0.25) is 0 Å². The van der Waals surface area contributed by atoms with Gasteiger partial charge in [-0.1, -0.05) is 6.92 Å². The summed E-state index contributed by atoms with van der Waals surface area (Å²) in [6.45, 7) is 4.95. The predicted molar refractivity (Wildman–Crippen MR) is 71.4 cm³/mol. The normalized spacial score (nSPS) is 12.2. The zero-order valence-corrected chi connectivity index (χ0v) is 10.6. The predicted octanol–water partition coefficient (Wildman–Crippen LogP) is 2.24. The molecule has 96 valence electrons. The number of aliphatic hydroxyl groups is 1. The Morgan fingerprint density at radius 1 is 1.41 bits per heavy atom. The molecule has 1 atom stereocenters. The lowest BCUT2D eigenvalue weighted by molar-refractivity contribution is 0.282. The van der Waals surface area contributed by atoms with E-state index in [2.05, 4.69) is 12.2 Å². The first-order chi connectivity index (χ1) is 8.15. The fourth-order valence-electron chi connectivity index (χ4n) is 1.56. The molecule has 0 amide bonds. The molecule has 0 aromatic heterocycles. The first-order valence-electron chi connectivity index (χ1n) is 6.06. The Hall–Kier alpha value is -1.42. The molecule has 0 aliphatic carbocycles. The lowest BCUT2D eigenvalue weighted by Gasteiger charge is -2.15. The van der Waals surface area contributed by atoms with E-state index in [1.807, 2.05) is 25.1 Å². The maximum atomic E-state index is 8.85. The molecular formula is C13H22N2O2. The number of anilines is 2. The third kappa shape index (κ3) is 4.95. The molecule has 0 spiro atoms. The number of hydrogen-bond donors (Lipinski definition) is 3. The van der Waals surface area contributed by atoms with E-state index in [9.17, 15) is 0 Å². The van der Waals surface area contributed by atoms with Gasteiger partial charge >= 0.3 is 0 Å². The maximum absolute atomic E-state index is 8.85. The fraction of sp³-hybridized carbons (Fsp3) is 0.538. The van der Waals surface area contributed by atoms with Gasteiger partial charge in [0.05, 0.1) is 6.61 Å². The van der Waals surface area contributed by atoms with Crippen molar-refractivity contribution in [1.29, 1.82) is 0 Å². The summed E-state index contributed by atoms with van der Waals surface area (Å²) in [5.74, 6) is 0.783. The van der Waals surface area contributed by atoms with E-state index >= 15 is 0 Å². The second-order valence-electron chi connectivity index (χ2n) is 4.20. The number of rotatable bonds is 7. The summed E-state index contributed by atoms with van der Waals surface area (Å²) < 4.78 is 5.55. The van der Waals surface area contributed by atoms with E-state index in [4.69, 9.17) is 15.6 Å². The first kappa shape index (κ1) is 13.6. The van der Waals surface area contributed by atoms with Crippen LogP contribution in [0.1, 0.15) is 26.7 Å². The Labute approximate surface area is 103 Å². The topological polar surface area (TPSA) is 67.5 Å². The molecule has 1 unspecified atom stereocenters. The van der Waals surface area contributed by atoms with Crippen LogP contribution in [0.2, 0.25) is 0 Å². The van der Waals surface area contributed by atoms with Crippen LogP contribution in [0.3, 0.4) is 0 Å². The first-order valence-corrected chi connectivity index (χ1v) is 6.06. The molecule has 1 rings (SSSR count). The van der Waals surface area contributed by atoms with Crippen LogP contribution in [0, 0.1) is 0 Å². The molecule has 0 aliphatic rings. The summed E-state index contributed by atoms with van der Waals surface area (Å²) in [5, 5.41) is 12.1. The number of nitrogens with two attached hydrogens (primary N) is 1. The van der Waals surface area contributed by atoms with Crippen LogP contribution in [0.25, 0.3) is 0 Å². The fourth-order valence-corrected chi connectivity index (χ4v) is 1.56. The number of nitrogens with one attached hydrogen (secondary N) is 1. The van der Waals surface area contributed by atoms with Crippen LogP contribution >= 0.6 is 0 Å². The van der Waals surface area contributed by atoms with Crippen LogP contribution in [0.5, 0.6) is 5.75 Å². The number of hydrogen-bond acceptors (Lipinski definition) is 4. The number of aliphatic hydroxyl groups excluding tert-OH is 1. The summed E-state index contributed by atoms with van der Waals surface area (Å²) >= 11 is 0. The number of benzene rings is 1. The third-order valence-corrected chi connectivity index (χ3v) is 2.38. The summed E-state index contributed by atoms with van der Waals surface area (Å²) in [6.07, 6.45) is 1.68. The Morgan fingerprint density at radius 2 is 2.18 bits per heavy atom. The smallest absolute Gasteiger partial charge is 0.123 e. The van der Waals surface area contributed by atoms with Gasteiger partial charge in [0.25, 0.3) is 0 Å². The van der Waals surface area contributed by atoms with Crippen LogP contribution in [-0.2, 0) is 0 Å². The van der Waals surface area contributed by atoms with Crippen molar-refractivity contribution in [2.24, 2.45) is 0 Å². The minimum Gasteiger partial charge on any atom is -0.493 e. The van der Waals surface area contributed by atoms with Crippen LogP contribution in [-0.4, -0.2) is 24.4 Å². The third-order valence-electron chi connectivity index (χ3n) is 2.38. The van der Waals surface area contributed by atoms with E-state index < -0.39 is 0 Å². The molecule has 4 nitrogen and oxygen atoms in total. The largest absolute Gasteiger partial charge is 0.493 e. The summed E-state index contributed by atoms with van der Waals surface area (Å²) in [5.41, 5.74) is 7.42. The lowest BCUT2D eigenvalue weighted by Crippen LogP contribution is -2.16. The van der Waals surface area contributed by atoms with Gasteiger partial charge in [0.15, 0.2) is 0 Å². The molecule has 4 N–H and O–H groups in total. The molecule has 0 heterocycles. The van der Waals surface area contributed by atoms with Crippen molar-refractivity contribution in [3.8, 4) is 5.75 Å². The highest BCUT2D eigenvalue weighted by molar-refractivity contribution is 5.59. The van der Waals surface area contributed by atoms with Gasteiger partial charge in [-0.05, 0) is 25.8 Å². The quantitative estimate of drug-likeness (QED) is 0.637. The van der Waals surface area contributed by atoms with E-state index in [0.717, 1.165) is 17.9 Å². The monoisotopic (exact) mass is 238 g/mol. The number of nitrogen functional groups attached to an aromatic ring is 1. The standard InChI is InChI=1S/C13H22N2O2/c1-3-6-17-13-8-11(14)7-12(9-13)15-10(2)4-5-16/h7-10,15-16H,3-6,14H2,1-2H3. The zero-order valence-electron chi connectivity index (χ0n) is 10.6. The summed E-state index contributed by atoms with van der Waals surface area (Å²) in [7, 11) is 0. The minimum absolute atomic E-state index is 0.176. The van der Waals surface area contributed by atoms with Crippen LogP contribution in [0.4, 0.5) is 11.4 Å². The molecule has 0 radical (unpaired) electrons. The second kappa shape index (κ2) is 7.01. The molecule has 0 saturated carbocycles. The Kier molecular flexibility index (Phi) is 5.63. The summed E-state index contributed by atoms with van der Waals surface area (Å²) in [6, 6.07) is 5.82. The van der Waals surface area contributed by atoms with Gasteiger partial charge in [-0.25, -0.2) is 0 Å². The van der Waals surface area contributed by atoms with Gasteiger partial charge in [-0.2, -0.15) is 0 Å². The average Bonchev–Trinajstić information content (AvgIpc) is 2.25. The molecule has 0 saturated heterocycles. The molecule has 0 bridgehead atoms. The van der Waals surface area contributed by atoms with E-state index in [-0.39, 0.29) is 12.6 Å². The zero-order chi connectivity index (χ0) is 12.7. The van der Waals surface area contributed by atoms with Crippen molar-refractivity contribution in [3.63, 3.8) is 0 Å². The average molecular weight is 238 g/mol. The highest BCUT2D eigenvalue weighted by atomic mass is 16.5. The molecular weight excluding hydrogens is 216 g/mol. The van der Waals surface area contributed by atoms with Crippen molar-refractivity contribution >= 4 is 11.4 Å². The van der Waals surface area contributed by atoms with E-state index in [0.29, 0.717) is 18.7 Å². The molecule has 0 aliphatic heterocycles. The van der Waals surface area contributed by atoms with Crippen molar-refractivity contribution in [2.75, 3.05) is 24.3 Å². The van der Waals surface area contributed by atoms with Gasteiger partial charge < -0.3 is 20.9 Å². The van der Waals surface area contributed by atoms with E-state index in [1.54, 1.807) is 0 Å². The minimum atomic E-state index is 0.176. The Bertz CT molecular complexity index is 342. The van der Waals surface area contributed by atoms with Gasteiger partial charge in [0, 0.05) is 36.2 Å². The Morgan fingerprint density at radius 3 is 2.82 bits per heavy atom. The van der Waals surface area contributed by atoms with Gasteiger partial charge in [0.1, 0.15) is 5.75 Å². The summed E-state index contributed by atoms with van der Waals surface area (Å²) in [4.78, 5) is 0. The van der Waals surface area contributed by atoms with Gasteiger partial charge in [-0.15, -0.1) is 0 Å². The Balaban J connectivity index is 2.67. The maximum Gasteiger partial charge on any atom is 0.123 e. The van der Waals surface area contributed by atoms with Gasteiger partial charge in [-0.3, -0.25) is 0 Å². The highest BCUT2D eigenvalue weighted by Crippen LogP contribution is 2.23. The molecule has 1 aromatic carbocycles. The number of ether oxygens (including phenoxy) is 1. The lowest BCUT2D eigenvalue weighted by atomic mass is 10.2. The molecule has 0 fully saturated rings. The van der Waals surface area contributed by atoms with Crippen molar-refractivity contribution < 1.29 is 9.84 Å².